The summed E-state index contributed by atoms with van der Waals surface area (Å²) in [4.78, 5) is 0. The molecule has 0 spiro atoms. The first-order valence-corrected chi connectivity index (χ1v) is 13.1. The third kappa shape index (κ3) is 4.60. The lowest BCUT2D eigenvalue weighted by Gasteiger charge is -2.11. The molecule has 2 N–H and O–H groups in total. The molecule has 33 heavy (non-hydrogen) atoms. The first-order chi connectivity index (χ1) is 16.2. The fourth-order valence-corrected chi connectivity index (χ4v) is 6.24. The van der Waals surface area contributed by atoms with E-state index in [2.05, 4.69) is 0 Å². The predicted octanol–water partition coefficient (Wildman–Crippen LogP) is 6.23. The van der Waals surface area contributed by atoms with Crippen molar-refractivity contribution in [3.05, 3.63) is 46.5 Å². The van der Waals surface area contributed by atoms with Crippen molar-refractivity contribution in [2.24, 2.45) is 0 Å². The smallest absolute Gasteiger partial charge is 0.146 e. The van der Waals surface area contributed by atoms with Crippen LogP contribution >= 0.6 is 34.0 Å². The average molecular weight is 503 g/mol. The topological polar surface area (TPSA) is 77.4 Å². The second-order valence-corrected chi connectivity index (χ2v) is 9.92. The Morgan fingerprint density at radius 3 is 1.97 bits per heavy atom. The number of phenols is 2. The summed E-state index contributed by atoms with van der Waals surface area (Å²) in [5.41, 5.74) is 0. The van der Waals surface area contributed by atoms with E-state index in [4.69, 9.17) is 18.9 Å². The van der Waals surface area contributed by atoms with Gasteiger partial charge in [0.25, 0.3) is 0 Å². The molecule has 0 radical (unpaired) electrons. The number of rotatable bonds is 11. The highest BCUT2D eigenvalue weighted by atomic mass is 32.1. The predicted molar refractivity (Wildman–Crippen MR) is 135 cm³/mol. The zero-order valence-corrected chi connectivity index (χ0v) is 20.1. The van der Waals surface area contributed by atoms with Gasteiger partial charge in [-0.1, -0.05) is 0 Å². The maximum absolute atomic E-state index is 10.5. The summed E-state index contributed by atoms with van der Waals surface area (Å²) in [6.45, 7) is 2.68. The number of hydrogen-bond acceptors (Lipinski definition) is 9. The van der Waals surface area contributed by atoms with E-state index in [0.717, 1.165) is 41.8 Å². The fraction of sp³-hybridized carbons (Fsp3) is 0.250. The maximum Gasteiger partial charge on any atom is 0.146 e. The minimum atomic E-state index is 0.265. The van der Waals surface area contributed by atoms with Gasteiger partial charge in [0.2, 0.25) is 0 Å². The van der Waals surface area contributed by atoms with Crippen LogP contribution in [0.4, 0.5) is 0 Å². The van der Waals surface area contributed by atoms with Gasteiger partial charge in [0.05, 0.1) is 40.5 Å². The molecule has 0 bridgehead atoms. The van der Waals surface area contributed by atoms with Gasteiger partial charge < -0.3 is 29.2 Å². The molecule has 0 fully saturated rings. The maximum atomic E-state index is 10.5. The van der Waals surface area contributed by atoms with Crippen LogP contribution in [0.25, 0.3) is 30.3 Å². The summed E-state index contributed by atoms with van der Waals surface area (Å²) < 4.78 is 25.8. The van der Waals surface area contributed by atoms with Crippen molar-refractivity contribution in [3.8, 4) is 23.0 Å². The third-order valence-electron chi connectivity index (χ3n) is 5.14. The van der Waals surface area contributed by atoms with E-state index in [1.165, 1.54) is 22.7 Å². The molecule has 3 heterocycles. The quantitative estimate of drug-likeness (QED) is 0.208. The molecule has 0 aliphatic rings. The molecule has 5 rings (SSSR count). The lowest BCUT2D eigenvalue weighted by atomic mass is 10.2. The van der Waals surface area contributed by atoms with Crippen LogP contribution in [0, 0.1) is 0 Å². The van der Waals surface area contributed by atoms with Crippen LogP contribution in [0.1, 0.15) is 0 Å². The summed E-state index contributed by atoms with van der Waals surface area (Å²) in [7, 11) is 0. The summed E-state index contributed by atoms with van der Waals surface area (Å²) in [6.07, 6.45) is 0. The monoisotopic (exact) mass is 502 g/mol. The lowest BCUT2D eigenvalue weighted by molar-refractivity contribution is 0.0278. The van der Waals surface area contributed by atoms with Gasteiger partial charge in [-0.3, -0.25) is 0 Å². The molecule has 5 aromatic rings. The largest absolute Gasteiger partial charge is 0.507 e. The average Bonchev–Trinajstić information content (AvgIpc) is 3.59. The van der Waals surface area contributed by atoms with Crippen LogP contribution in [0.2, 0.25) is 0 Å². The van der Waals surface area contributed by atoms with Crippen molar-refractivity contribution < 1.29 is 29.2 Å². The second kappa shape index (κ2) is 10.1. The van der Waals surface area contributed by atoms with Crippen molar-refractivity contribution in [1.82, 2.24) is 0 Å². The lowest BCUT2D eigenvalue weighted by Crippen LogP contribution is -2.13. The highest BCUT2D eigenvalue weighted by molar-refractivity contribution is 7.19. The van der Waals surface area contributed by atoms with Gasteiger partial charge in [0, 0.05) is 16.2 Å². The minimum Gasteiger partial charge on any atom is -0.507 e. The molecule has 0 saturated carbocycles. The van der Waals surface area contributed by atoms with Gasteiger partial charge in [-0.05, 0) is 46.5 Å². The minimum absolute atomic E-state index is 0.265. The first-order valence-electron chi connectivity index (χ1n) is 10.4. The molecule has 0 amide bonds. The highest BCUT2D eigenvalue weighted by Gasteiger charge is 2.16. The van der Waals surface area contributed by atoms with Gasteiger partial charge in [0.1, 0.15) is 36.2 Å². The fourth-order valence-electron chi connectivity index (χ4n) is 3.60. The standard InChI is InChI=1S/C24H22O6S3/c25-18-1-2-19(22-15(18)3-12-31-22)29-10-8-27-6-7-28-9-11-30-21-17-5-14-32-23(17)20(26)16-4-13-33-24(16)21/h1-5,12-14,25-26H,6-11H2. The van der Waals surface area contributed by atoms with Crippen molar-refractivity contribution >= 4 is 64.3 Å². The van der Waals surface area contributed by atoms with Crippen LogP contribution in [0.15, 0.2) is 46.5 Å². The van der Waals surface area contributed by atoms with Crippen molar-refractivity contribution in [3.63, 3.8) is 0 Å². The number of fused-ring (bicyclic) bond motifs is 3. The molecule has 9 heteroatoms. The molecule has 3 aromatic heterocycles. The number of thiophene rings is 3. The van der Waals surface area contributed by atoms with E-state index in [1.54, 1.807) is 23.5 Å². The van der Waals surface area contributed by atoms with Crippen LogP contribution < -0.4 is 9.47 Å². The summed E-state index contributed by atoms with van der Waals surface area (Å²) in [5.74, 6) is 2.15. The van der Waals surface area contributed by atoms with E-state index in [0.29, 0.717) is 45.4 Å². The molecular weight excluding hydrogens is 480 g/mol. The number of phenolic OH excluding ortho intramolecular Hbond substituents is 2. The van der Waals surface area contributed by atoms with Crippen LogP contribution in [0.5, 0.6) is 23.0 Å². The number of benzene rings is 2. The molecule has 172 valence electrons. The number of ether oxygens (including phenoxy) is 4. The van der Waals surface area contributed by atoms with Crippen LogP contribution in [-0.4, -0.2) is 49.9 Å². The van der Waals surface area contributed by atoms with E-state index < -0.39 is 0 Å². The van der Waals surface area contributed by atoms with Crippen molar-refractivity contribution in [1.29, 1.82) is 0 Å². The molecule has 0 atom stereocenters. The summed E-state index contributed by atoms with van der Waals surface area (Å²) >= 11 is 4.61. The molecular formula is C24H22O6S3. The zero-order valence-electron chi connectivity index (χ0n) is 17.6. The Morgan fingerprint density at radius 2 is 1.18 bits per heavy atom. The van der Waals surface area contributed by atoms with Crippen molar-refractivity contribution in [2.45, 2.75) is 0 Å². The molecule has 0 aliphatic carbocycles. The van der Waals surface area contributed by atoms with Gasteiger partial charge in [-0.2, -0.15) is 0 Å². The number of hydrogen-bond donors (Lipinski definition) is 2. The Morgan fingerprint density at radius 1 is 0.576 bits per heavy atom. The zero-order chi connectivity index (χ0) is 22.6. The van der Waals surface area contributed by atoms with Crippen LogP contribution in [0.3, 0.4) is 0 Å². The normalized spacial score (nSPS) is 11.6. The molecule has 0 unspecified atom stereocenters. The second-order valence-electron chi connectivity index (χ2n) is 7.17. The summed E-state index contributed by atoms with van der Waals surface area (Å²) in [5, 5.41) is 28.7. The first kappa shape index (κ1) is 22.2. The van der Waals surface area contributed by atoms with Crippen LogP contribution in [-0.2, 0) is 9.47 Å². The Hall–Kier alpha value is -2.56. The van der Waals surface area contributed by atoms with Gasteiger partial charge in [-0.25, -0.2) is 0 Å². The van der Waals surface area contributed by atoms with Gasteiger partial charge in [-0.15, -0.1) is 34.0 Å². The Balaban J connectivity index is 1.01. The SMILES string of the molecule is Oc1ccc(OCCOCCOCCOc2c3ccsc3c(O)c3ccsc23)c2sccc12. The molecule has 2 aromatic carbocycles. The Labute approximate surface area is 202 Å². The van der Waals surface area contributed by atoms with E-state index >= 15 is 0 Å². The molecule has 0 aliphatic heterocycles. The van der Waals surface area contributed by atoms with Gasteiger partial charge in [0.15, 0.2) is 0 Å². The third-order valence-corrected chi connectivity index (χ3v) is 7.90. The Bertz CT molecular complexity index is 1320. The molecule has 6 nitrogen and oxygen atoms in total. The summed E-state index contributed by atoms with van der Waals surface area (Å²) in [6, 6.07) is 9.20. The van der Waals surface area contributed by atoms with E-state index in [1.807, 2.05) is 34.3 Å². The Kier molecular flexibility index (Phi) is 6.84. The number of aromatic hydroxyl groups is 2. The van der Waals surface area contributed by atoms with E-state index in [-0.39, 0.29) is 5.75 Å². The van der Waals surface area contributed by atoms with Crippen molar-refractivity contribution in [2.75, 3.05) is 39.6 Å². The van der Waals surface area contributed by atoms with Gasteiger partial charge >= 0.3 is 0 Å². The molecule has 0 saturated heterocycles. The van der Waals surface area contributed by atoms with E-state index in [9.17, 15) is 10.2 Å². The highest BCUT2D eigenvalue weighted by Crippen LogP contribution is 2.46.